The number of carbonyl (C=O) groups is 3. The van der Waals surface area contributed by atoms with Gasteiger partial charge in [0, 0.05) is 50.1 Å². The Morgan fingerprint density at radius 1 is 1.11 bits per heavy atom. The van der Waals surface area contributed by atoms with Gasteiger partial charge in [-0.25, -0.2) is 4.79 Å². The van der Waals surface area contributed by atoms with Crippen molar-refractivity contribution in [2.45, 2.75) is 6.42 Å². The summed E-state index contributed by atoms with van der Waals surface area (Å²) in [5.74, 6) is -2.38. The SMILES string of the molecule is COC(=O)C1=CN(C)CC(C(=O)OC)C1CC(=O)c1cc2ccccc2n1C. The van der Waals surface area contributed by atoms with Gasteiger partial charge >= 0.3 is 11.9 Å². The van der Waals surface area contributed by atoms with Gasteiger partial charge in [0.15, 0.2) is 5.78 Å². The summed E-state index contributed by atoms with van der Waals surface area (Å²) in [5, 5.41) is 0.963. The maximum Gasteiger partial charge on any atom is 0.335 e. The van der Waals surface area contributed by atoms with Crippen LogP contribution in [0.5, 0.6) is 0 Å². The Kier molecular flexibility index (Phi) is 5.53. The molecule has 0 bridgehead atoms. The summed E-state index contributed by atoms with van der Waals surface area (Å²) in [6.45, 7) is 0.361. The Bertz CT molecular complexity index is 959. The molecule has 28 heavy (non-hydrogen) atoms. The minimum atomic E-state index is -0.632. The Labute approximate surface area is 163 Å². The van der Waals surface area contributed by atoms with Crippen LogP contribution >= 0.6 is 0 Å². The molecule has 2 atom stereocenters. The molecule has 3 rings (SSSR count). The first-order valence-electron chi connectivity index (χ1n) is 9.03. The number of hydrogen-bond acceptors (Lipinski definition) is 6. The number of hydrogen-bond donors (Lipinski definition) is 0. The highest BCUT2D eigenvalue weighted by atomic mass is 16.5. The maximum atomic E-state index is 13.1. The number of aryl methyl sites for hydroxylation is 1. The molecule has 1 aliphatic heterocycles. The van der Waals surface area contributed by atoms with E-state index in [4.69, 9.17) is 9.47 Å². The van der Waals surface area contributed by atoms with Crippen molar-refractivity contribution < 1.29 is 23.9 Å². The van der Waals surface area contributed by atoms with Crippen molar-refractivity contribution in [2.24, 2.45) is 18.9 Å². The van der Waals surface area contributed by atoms with Crippen LogP contribution in [0.15, 0.2) is 42.1 Å². The van der Waals surface area contributed by atoms with E-state index < -0.39 is 23.8 Å². The fourth-order valence-electron chi connectivity index (χ4n) is 3.87. The van der Waals surface area contributed by atoms with Gasteiger partial charge in [-0.2, -0.15) is 0 Å². The molecule has 148 valence electrons. The van der Waals surface area contributed by atoms with Crippen molar-refractivity contribution in [1.82, 2.24) is 9.47 Å². The summed E-state index contributed by atoms with van der Waals surface area (Å²) in [7, 11) is 6.19. The summed E-state index contributed by atoms with van der Waals surface area (Å²) in [4.78, 5) is 39.6. The number of ether oxygens (including phenoxy) is 2. The van der Waals surface area contributed by atoms with Crippen molar-refractivity contribution in [3.8, 4) is 0 Å². The molecule has 0 N–H and O–H groups in total. The predicted octanol–water partition coefficient (Wildman–Crippen LogP) is 2.16. The lowest BCUT2D eigenvalue weighted by atomic mass is 9.79. The highest BCUT2D eigenvalue weighted by molar-refractivity contribution is 6.01. The van der Waals surface area contributed by atoms with Crippen LogP contribution in [0.25, 0.3) is 10.9 Å². The Morgan fingerprint density at radius 3 is 2.46 bits per heavy atom. The number of methoxy groups -OCH3 is 2. The van der Waals surface area contributed by atoms with Gasteiger partial charge in [0.1, 0.15) is 0 Å². The van der Waals surface area contributed by atoms with Gasteiger partial charge in [0.05, 0.1) is 31.4 Å². The molecule has 0 saturated heterocycles. The normalized spacial score (nSPS) is 19.3. The standard InChI is InChI=1S/C21H24N2O5/c1-22-11-15(20(25)27-3)14(16(12-22)21(26)28-4)10-19(24)18-9-13-7-5-6-8-17(13)23(18)2/h5-9,11,14,16H,10,12H2,1-4H3. The monoisotopic (exact) mass is 384 g/mol. The van der Waals surface area contributed by atoms with E-state index in [2.05, 4.69) is 0 Å². The predicted molar refractivity (Wildman–Crippen MR) is 104 cm³/mol. The number of fused-ring (bicyclic) bond motifs is 1. The van der Waals surface area contributed by atoms with Gasteiger partial charge in [0.2, 0.25) is 0 Å². The van der Waals surface area contributed by atoms with Crippen LogP contribution in [0, 0.1) is 11.8 Å². The third kappa shape index (κ3) is 3.52. The van der Waals surface area contributed by atoms with E-state index >= 15 is 0 Å². The Hall–Kier alpha value is -3.09. The average Bonchev–Trinajstić information content (AvgIpc) is 3.04. The van der Waals surface area contributed by atoms with E-state index in [9.17, 15) is 14.4 Å². The lowest BCUT2D eigenvalue weighted by Crippen LogP contribution is -2.42. The molecule has 0 radical (unpaired) electrons. The van der Waals surface area contributed by atoms with E-state index in [1.54, 1.807) is 18.1 Å². The second-order valence-corrected chi connectivity index (χ2v) is 7.03. The second-order valence-electron chi connectivity index (χ2n) is 7.03. The number of esters is 2. The Morgan fingerprint density at radius 2 is 1.82 bits per heavy atom. The maximum absolute atomic E-state index is 13.1. The largest absolute Gasteiger partial charge is 0.469 e. The highest BCUT2D eigenvalue weighted by Crippen LogP contribution is 2.33. The number of ketones is 1. The summed E-state index contributed by atoms with van der Waals surface area (Å²) in [6.07, 6.45) is 1.66. The van der Waals surface area contributed by atoms with E-state index in [1.165, 1.54) is 14.2 Å². The van der Waals surface area contributed by atoms with Crippen molar-refractivity contribution in [3.05, 3.63) is 47.8 Å². The third-order valence-corrected chi connectivity index (χ3v) is 5.30. The van der Waals surface area contributed by atoms with Crippen LogP contribution in [-0.4, -0.2) is 55.0 Å². The van der Waals surface area contributed by atoms with Gasteiger partial charge in [-0.15, -0.1) is 0 Å². The van der Waals surface area contributed by atoms with Gasteiger partial charge in [-0.05, 0) is 12.1 Å². The second kappa shape index (κ2) is 7.88. The molecule has 7 nitrogen and oxygen atoms in total. The molecule has 2 aromatic rings. The highest BCUT2D eigenvalue weighted by Gasteiger charge is 2.40. The number of Topliss-reactive ketones (excluding diaryl/α,β-unsaturated/α-hetero) is 1. The number of carbonyl (C=O) groups excluding carboxylic acids is 3. The first-order chi connectivity index (χ1) is 13.4. The fraction of sp³-hybridized carbons (Fsp3) is 0.381. The number of para-hydroxylation sites is 1. The molecule has 1 aromatic carbocycles. The smallest absolute Gasteiger partial charge is 0.335 e. The Balaban J connectivity index is 1.97. The molecular formula is C21H24N2O5. The molecular weight excluding hydrogens is 360 g/mol. The van der Waals surface area contributed by atoms with E-state index in [0.29, 0.717) is 17.8 Å². The fourth-order valence-corrected chi connectivity index (χ4v) is 3.87. The summed E-state index contributed by atoms with van der Waals surface area (Å²) < 4.78 is 11.6. The molecule has 0 amide bonds. The van der Waals surface area contributed by atoms with Crippen molar-refractivity contribution in [2.75, 3.05) is 27.8 Å². The molecule has 2 heterocycles. The summed E-state index contributed by atoms with van der Waals surface area (Å²) in [5.41, 5.74) is 1.79. The van der Waals surface area contributed by atoms with E-state index in [0.717, 1.165) is 10.9 Å². The molecule has 0 aliphatic carbocycles. The third-order valence-electron chi connectivity index (χ3n) is 5.30. The number of aromatic nitrogens is 1. The quantitative estimate of drug-likeness (QED) is 0.581. The van der Waals surface area contributed by atoms with E-state index in [1.807, 2.05) is 41.9 Å². The van der Waals surface area contributed by atoms with Crippen LogP contribution in [0.1, 0.15) is 16.9 Å². The summed E-state index contributed by atoms with van der Waals surface area (Å²) >= 11 is 0. The molecule has 0 fully saturated rings. The van der Waals surface area contributed by atoms with Crippen molar-refractivity contribution >= 4 is 28.6 Å². The topological polar surface area (TPSA) is 77.8 Å². The van der Waals surface area contributed by atoms with Gasteiger partial charge in [-0.3, -0.25) is 9.59 Å². The van der Waals surface area contributed by atoms with Crippen LogP contribution in [0.2, 0.25) is 0 Å². The van der Waals surface area contributed by atoms with Gasteiger partial charge in [-0.1, -0.05) is 18.2 Å². The average molecular weight is 384 g/mol. The number of rotatable bonds is 5. The first-order valence-corrected chi connectivity index (χ1v) is 9.03. The van der Waals surface area contributed by atoms with Crippen LogP contribution < -0.4 is 0 Å². The lowest BCUT2D eigenvalue weighted by molar-refractivity contribution is -0.148. The number of benzene rings is 1. The zero-order chi connectivity index (χ0) is 20.4. The van der Waals surface area contributed by atoms with Crippen molar-refractivity contribution in [3.63, 3.8) is 0 Å². The van der Waals surface area contributed by atoms with Crippen LogP contribution in [-0.2, 0) is 26.1 Å². The molecule has 1 aliphatic rings. The van der Waals surface area contributed by atoms with Crippen molar-refractivity contribution in [1.29, 1.82) is 0 Å². The molecule has 1 aromatic heterocycles. The lowest BCUT2D eigenvalue weighted by Gasteiger charge is -2.34. The first kappa shape index (κ1) is 19.7. The number of nitrogens with zero attached hydrogens (tertiary/aromatic N) is 2. The van der Waals surface area contributed by atoms with Crippen LogP contribution in [0.3, 0.4) is 0 Å². The minimum absolute atomic E-state index is 0.0126. The summed E-state index contributed by atoms with van der Waals surface area (Å²) in [6, 6.07) is 9.55. The molecule has 2 unspecified atom stereocenters. The molecule has 0 saturated carbocycles. The van der Waals surface area contributed by atoms with Crippen LogP contribution in [0.4, 0.5) is 0 Å². The van der Waals surface area contributed by atoms with E-state index in [-0.39, 0.29) is 12.2 Å². The zero-order valence-electron chi connectivity index (χ0n) is 16.5. The van der Waals surface area contributed by atoms with Gasteiger partial charge < -0.3 is 18.9 Å². The minimum Gasteiger partial charge on any atom is -0.469 e. The molecule has 0 spiro atoms. The van der Waals surface area contributed by atoms with Gasteiger partial charge in [0.25, 0.3) is 0 Å². The molecule has 7 heteroatoms. The zero-order valence-corrected chi connectivity index (χ0v) is 16.5.